The number of carbonyl (C=O) groups excluding carboxylic acids is 1. The molecule has 1 aromatic carbocycles. The van der Waals surface area contributed by atoms with Crippen molar-refractivity contribution in [2.24, 2.45) is 5.73 Å². The molecule has 0 spiro atoms. The van der Waals surface area contributed by atoms with Crippen molar-refractivity contribution in [1.82, 2.24) is 4.90 Å². The van der Waals surface area contributed by atoms with Crippen LogP contribution in [0.5, 0.6) is 0 Å². The predicted octanol–water partition coefficient (Wildman–Crippen LogP) is 2.06. The molecular weight excluding hydrogens is 238 g/mol. The summed E-state index contributed by atoms with van der Waals surface area (Å²) in [7, 11) is 0. The van der Waals surface area contributed by atoms with Crippen molar-refractivity contribution in [2.75, 3.05) is 6.54 Å². The van der Waals surface area contributed by atoms with E-state index in [4.69, 9.17) is 11.0 Å². The summed E-state index contributed by atoms with van der Waals surface area (Å²) >= 11 is 0. The molecule has 0 atom stereocenters. The molecule has 0 radical (unpaired) electrons. The first-order valence-corrected chi connectivity index (χ1v) is 6.56. The molecule has 0 unspecified atom stereocenters. The highest BCUT2D eigenvalue weighted by Gasteiger charge is 2.33. The molecule has 4 nitrogen and oxygen atoms in total. The molecule has 0 aliphatic carbocycles. The monoisotopic (exact) mass is 259 g/mol. The third kappa shape index (κ3) is 3.80. The Balaban J connectivity index is 2.89. The molecule has 102 valence electrons. The van der Waals surface area contributed by atoms with E-state index in [0.717, 1.165) is 5.56 Å². The number of hydrogen-bond donors (Lipinski definition) is 1. The van der Waals surface area contributed by atoms with Crippen molar-refractivity contribution in [1.29, 1.82) is 5.26 Å². The van der Waals surface area contributed by atoms with Gasteiger partial charge in [0.1, 0.15) is 6.54 Å². The number of rotatable bonds is 6. The summed E-state index contributed by atoms with van der Waals surface area (Å²) in [4.78, 5) is 14.0. The van der Waals surface area contributed by atoms with E-state index in [0.29, 0.717) is 19.4 Å². The van der Waals surface area contributed by atoms with E-state index in [9.17, 15) is 4.79 Å². The molecule has 0 saturated heterocycles. The van der Waals surface area contributed by atoms with Crippen LogP contribution in [0.25, 0.3) is 0 Å². The second-order valence-electron chi connectivity index (χ2n) is 4.67. The first-order valence-electron chi connectivity index (χ1n) is 6.56. The molecule has 2 N–H and O–H groups in total. The van der Waals surface area contributed by atoms with Gasteiger partial charge in [-0.05, 0) is 18.4 Å². The lowest BCUT2D eigenvalue weighted by molar-refractivity contribution is -0.137. The molecule has 0 fully saturated rings. The number of carbonyl (C=O) groups is 1. The summed E-state index contributed by atoms with van der Waals surface area (Å²) in [5, 5.41) is 8.89. The molecule has 4 heteroatoms. The fraction of sp³-hybridized carbons (Fsp3) is 0.467. The fourth-order valence-electron chi connectivity index (χ4n) is 1.96. The van der Waals surface area contributed by atoms with Crippen LogP contribution in [0.1, 0.15) is 32.3 Å². The Bertz CT molecular complexity index is 446. The molecule has 19 heavy (non-hydrogen) atoms. The molecular formula is C15H21N3O. The summed E-state index contributed by atoms with van der Waals surface area (Å²) in [5.74, 6) is -0.150. The Morgan fingerprint density at radius 2 is 1.89 bits per heavy atom. The topological polar surface area (TPSA) is 70.1 Å². The van der Waals surface area contributed by atoms with Crippen LogP contribution in [-0.2, 0) is 11.3 Å². The minimum absolute atomic E-state index is 0.0622. The largest absolute Gasteiger partial charge is 0.323 e. The predicted molar refractivity (Wildman–Crippen MR) is 75.0 cm³/mol. The molecule has 0 aliphatic rings. The second-order valence-corrected chi connectivity index (χ2v) is 4.67. The number of nitrogens with zero attached hydrogens (tertiary/aromatic N) is 2. The minimum Gasteiger partial charge on any atom is -0.323 e. The van der Waals surface area contributed by atoms with Crippen molar-refractivity contribution in [3.8, 4) is 6.07 Å². The van der Waals surface area contributed by atoms with Gasteiger partial charge in [-0.25, -0.2) is 0 Å². The van der Waals surface area contributed by atoms with Gasteiger partial charge in [-0.1, -0.05) is 44.2 Å². The van der Waals surface area contributed by atoms with Crippen molar-refractivity contribution >= 4 is 5.91 Å². The highest BCUT2D eigenvalue weighted by Crippen LogP contribution is 2.17. The van der Waals surface area contributed by atoms with E-state index in [-0.39, 0.29) is 12.5 Å². The van der Waals surface area contributed by atoms with Gasteiger partial charge in [-0.2, -0.15) is 5.26 Å². The van der Waals surface area contributed by atoms with E-state index in [1.807, 2.05) is 50.2 Å². The third-order valence-corrected chi connectivity index (χ3v) is 3.45. The molecule has 1 rings (SSSR count). The number of nitriles is 1. The molecule has 1 amide bonds. The fourth-order valence-corrected chi connectivity index (χ4v) is 1.96. The van der Waals surface area contributed by atoms with Gasteiger partial charge in [0.25, 0.3) is 0 Å². The maximum atomic E-state index is 12.5. The first kappa shape index (κ1) is 15.2. The van der Waals surface area contributed by atoms with Crippen LogP contribution in [0.2, 0.25) is 0 Å². The average molecular weight is 259 g/mol. The Morgan fingerprint density at radius 3 is 2.37 bits per heavy atom. The standard InChI is InChI=1S/C15H21N3O/c1-3-15(17,4-2)14(19)18(11-10-16)12-13-8-6-5-7-9-13/h5-9H,3-4,11-12,17H2,1-2H3. The Labute approximate surface area is 114 Å². The Hall–Kier alpha value is -1.86. The molecule has 0 aromatic heterocycles. The van der Waals surface area contributed by atoms with Gasteiger partial charge in [0.15, 0.2) is 0 Å². The summed E-state index contributed by atoms with van der Waals surface area (Å²) in [5.41, 5.74) is 6.26. The van der Waals surface area contributed by atoms with E-state index in [2.05, 4.69) is 0 Å². The SMILES string of the molecule is CCC(N)(CC)C(=O)N(CC#N)Cc1ccccc1. The van der Waals surface area contributed by atoms with Gasteiger partial charge >= 0.3 is 0 Å². The van der Waals surface area contributed by atoms with Crippen molar-refractivity contribution < 1.29 is 4.79 Å². The molecule has 0 aliphatic heterocycles. The van der Waals surface area contributed by atoms with Gasteiger partial charge in [-0.3, -0.25) is 4.79 Å². The molecule has 0 bridgehead atoms. The lowest BCUT2D eigenvalue weighted by atomic mass is 9.92. The van der Waals surface area contributed by atoms with Gasteiger partial charge in [-0.15, -0.1) is 0 Å². The van der Waals surface area contributed by atoms with Crippen LogP contribution in [0.3, 0.4) is 0 Å². The zero-order chi connectivity index (χ0) is 14.3. The third-order valence-electron chi connectivity index (χ3n) is 3.45. The normalized spacial score (nSPS) is 10.8. The number of hydrogen-bond acceptors (Lipinski definition) is 3. The highest BCUT2D eigenvalue weighted by molar-refractivity contribution is 5.86. The second kappa shape index (κ2) is 6.91. The van der Waals surface area contributed by atoms with Gasteiger partial charge in [0, 0.05) is 6.54 Å². The maximum Gasteiger partial charge on any atom is 0.243 e. The molecule has 0 heterocycles. The van der Waals surface area contributed by atoms with Crippen LogP contribution in [-0.4, -0.2) is 22.9 Å². The highest BCUT2D eigenvalue weighted by atomic mass is 16.2. The zero-order valence-corrected chi connectivity index (χ0v) is 11.6. The zero-order valence-electron chi connectivity index (χ0n) is 11.6. The molecule has 0 saturated carbocycles. The molecule has 1 aromatic rings. The maximum absolute atomic E-state index is 12.5. The summed E-state index contributed by atoms with van der Waals surface area (Å²) in [6.45, 7) is 4.28. The number of nitrogens with two attached hydrogens (primary N) is 1. The lowest BCUT2D eigenvalue weighted by Crippen LogP contribution is -2.54. The first-order chi connectivity index (χ1) is 9.07. The van der Waals surface area contributed by atoms with E-state index >= 15 is 0 Å². The van der Waals surface area contributed by atoms with Crippen molar-refractivity contribution in [3.63, 3.8) is 0 Å². The van der Waals surface area contributed by atoms with Crippen LogP contribution in [0.15, 0.2) is 30.3 Å². The number of amides is 1. The van der Waals surface area contributed by atoms with E-state index in [1.54, 1.807) is 0 Å². The summed E-state index contributed by atoms with van der Waals surface area (Å²) < 4.78 is 0. The van der Waals surface area contributed by atoms with Crippen LogP contribution >= 0.6 is 0 Å². The van der Waals surface area contributed by atoms with Gasteiger partial charge in [0.05, 0.1) is 11.6 Å². The Morgan fingerprint density at radius 1 is 1.32 bits per heavy atom. The van der Waals surface area contributed by atoms with Crippen molar-refractivity contribution in [2.45, 2.75) is 38.8 Å². The smallest absolute Gasteiger partial charge is 0.243 e. The number of benzene rings is 1. The lowest BCUT2D eigenvalue weighted by Gasteiger charge is -2.31. The summed E-state index contributed by atoms with van der Waals surface area (Å²) in [6, 6.07) is 11.7. The van der Waals surface area contributed by atoms with Gasteiger partial charge < -0.3 is 10.6 Å². The average Bonchev–Trinajstić information content (AvgIpc) is 2.46. The Kier molecular flexibility index (Phi) is 5.53. The van der Waals surface area contributed by atoms with Crippen LogP contribution < -0.4 is 5.73 Å². The van der Waals surface area contributed by atoms with E-state index in [1.165, 1.54) is 4.90 Å². The van der Waals surface area contributed by atoms with E-state index < -0.39 is 5.54 Å². The van der Waals surface area contributed by atoms with Crippen molar-refractivity contribution in [3.05, 3.63) is 35.9 Å². The van der Waals surface area contributed by atoms with Crippen LogP contribution in [0, 0.1) is 11.3 Å². The quantitative estimate of drug-likeness (QED) is 0.795. The minimum atomic E-state index is -0.869. The van der Waals surface area contributed by atoms with Gasteiger partial charge in [0.2, 0.25) is 5.91 Å². The summed E-state index contributed by atoms with van der Waals surface area (Å²) in [6.07, 6.45) is 1.14. The van der Waals surface area contributed by atoms with Crippen LogP contribution in [0.4, 0.5) is 0 Å².